The molecule has 0 heterocycles. The van der Waals surface area contributed by atoms with Gasteiger partial charge in [-0.2, -0.15) is 0 Å². The van der Waals surface area contributed by atoms with Crippen LogP contribution < -0.4 is 4.72 Å². The second-order valence-corrected chi connectivity index (χ2v) is 11.9. The minimum absolute atomic E-state index is 0.000193. The monoisotopic (exact) mass is 441 g/mol. The normalized spacial score (nSPS) is 19.9. The van der Waals surface area contributed by atoms with Crippen LogP contribution in [0.3, 0.4) is 0 Å². The SMILES string of the molecule is CCCCCC1CCC(c2ccc(NS(=O)(=O)c3ccc(C(C)(C)C)cc3)cc2)CC1. The number of anilines is 1. The molecule has 1 saturated carbocycles. The molecule has 0 aliphatic heterocycles. The highest BCUT2D eigenvalue weighted by Gasteiger charge is 2.22. The van der Waals surface area contributed by atoms with Gasteiger partial charge in [-0.1, -0.05) is 77.6 Å². The van der Waals surface area contributed by atoms with Crippen LogP contribution in [-0.4, -0.2) is 8.42 Å². The number of nitrogens with one attached hydrogen (secondary N) is 1. The van der Waals surface area contributed by atoms with E-state index in [1.807, 2.05) is 24.3 Å². The summed E-state index contributed by atoms with van der Waals surface area (Å²) in [7, 11) is -3.58. The quantitative estimate of drug-likeness (QED) is 0.428. The highest BCUT2D eigenvalue weighted by atomic mass is 32.2. The molecule has 3 nitrogen and oxygen atoms in total. The number of sulfonamides is 1. The molecule has 4 heteroatoms. The number of hydrogen-bond donors (Lipinski definition) is 1. The Labute approximate surface area is 189 Å². The van der Waals surface area contributed by atoms with Gasteiger partial charge in [0.25, 0.3) is 10.0 Å². The molecule has 0 bridgehead atoms. The fourth-order valence-corrected chi connectivity index (χ4v) is 5.70. The van der Waals surface area contributed by atoms with Crippen molar-refractivity contribution in [2.75, 3.05) is 4.72 Å². The van der Waals surface area contributed by atoms with Crippen LogP contribution >= 0.6 is 0 Å². The lowest BCUT2D eigenvalue weighted by Crippen LogP contribution is -2.15. The van der Waals surface area contributed by atoms with Crippen LogP contribution in [0.15, 0.2) is 53.4 Å². The van der Waals surface area contributed by atoms with Gasteiger partial charge in [0.05, 0.1) is 4.90 Å². The zero-order valence-electron chi connectivity index (χ0n) is 19.7. The smallest absolute Gasteiger partial charge is 0.261 e. The Morgan fingerprint density at radius 3 is 2.03 bits per heavy atom. The van der Waals surface area contributed by atoms with Crippen LogP contribution in [0.5, 0.6) is 0 Å². The molecule has 2 aromatic rings. The van der Waals surface area contributed by atoms with E-state index in [0.29, 0.717) is 16.5 Å². The first-order chi connectivity index (χ1) is 14.7. The van der Waals surface area contributed by atoms with Crippen molar-refractivity contribution in [1.82, 2.24) is 0 Å². The van der Waals surface area contributed by atoms with E-state index in [2.05, 4.69) is 44.5 Å². The zero-order valence-corrected chi connectivity index (χ0v) is 20.5. The Kier molecular flexibility index (Phi) is 7.85. The first-order valence-electron chi connectivity index (χ1n) is 11.9. The van der Waals surface area contributed by atoms with Gasteiger partial charge in [0.1, 0.15) is 0 Å². The summed E-state index contributed by atoms with van der Waals surface area (Å²) in [4.78, 5) is 0.297. The van der Waals surface area contributed by atoms with Gasteiger partial charge in [-0.25, -0.2) is 8.42 Å². The van der Waals surface area contributed by atoms with Crippen LogP contribution in [0.1, 0.15) is 96.1 Å². The first-order valence-corrected chi connectivity index (χ1v) is 13.4. The summed E-state index contributed by atoms with van der Waals surface area (Å²) in [6.07, 6.45) is 10.6. The summed E-state index contributed by atoms with van der Waals surface area (Å²) in [5.74, 6) is 1.51. The van der Waals surface area contributed by atoms with E-state index in [1.165, 1.54) is 56.9 Å². The minimum atomic E-state index is -3.58. The maximum absolute atomic E-state index is 12.8. The minimum Gasteiger partial charge on any atom is -0.280 e. The van der Waals surface area contributed by atoms with Crippen molar-refractivity contribution in [3.63, 3.8) is 0 Å². The Bertz CT molecular complexity index is 917. The highest BCUT2D eigenvalue weighted by Crippen LogP contribution is 2.38. The molecule has 0 radical (unpaired) electrons. The highest BCUT2D eigenvalue weighted by molar-refractivity contribution is 7.92. The molecule has 3 rings (SSSR count). The predicted octanol–water partition coefficient (Wildman–Crippen LogP) is 7.64. The summed E-state index contributed by atoms with van der Waals surface area (Å²) in [6.45, 7) is 8.63. The average molecular weight is 442 g/mol. The van der Waals surface area contributed by atoms with Crippen LogP contribution in [0, 0.1) is 5.92 Å². The molecule has 170 valence electrons. The molecule has 0 spiro atoms. The summed E-state index contributed by atoms with van der Waals surface area (Å²) in [5, 5.41) is 0. The molecule has 1 N–H and O–H groups in total. The third kappa shape index (κ3) is 6.58. The molecule has 1 aliphatic rings. The molecule has 0 atom stereocenters. The van der Waals surface area contributed by atoms with Crippen LogP contribution in [-0.2, 0) is 15.4 Å². The van der Waals surface area contributed by atoms with E-state index < -0.39 is 10.0 Å². The molecule has 0 aromatic heterocycles. The Morgan fingerprint density at radius 2 is 1.48 bits per heavy atom. The van der Waals surface area contributed by atoms with Gasteiger partial charge < -0.3 is 0 Å². The Balaban J connectivity index is 1.58. The van der Waals surface area contributed by atoms with E-state index in [1.54, 1.807) is 12.1 Å². The number of hydrogen-bond acceptors (Lipinski definition) is 2. The second kappa shape index (κ2) is 10.2. The van der Waals surface area contributed by atoms with E-state index >= 15 is 0 Å². The van der Waals surface area contributed by atoms with Gasteiger partial charge in [0.2, 0.25) is 0 Å². The summed E-state index contributed by atoms with van der Waals surface area (Å²) in [5.41, 5.74) is 3.08. The van der Waals surface area contributed by atoms with Crippen LogP contribution in [0.2, 0.25) is 0 Å². The van der Waals surface area contributed by atoms with Crippen molar-refractivity contribution >= 4 is 15.7 Å². The van der Waals surface area contributed by atoms with Crippen molar-refractivity contribution in [2.24, 2.45) is 5.92 Å². The van der Waals surface area contributed by atoms with Gasteiger partial charge in [0.15, 0.2) is 0 Å². The molecule has 31 heavy (non-hydrogen) atoms. The number of rotatable bonds is 8. The van der Waals surface area contributed by atoms with E-state index in [9.17, 15) is 8.42 Å². The largest absolute Gasteiger partial charge is 0.280 e. The topological polar surface area (TPSA) is 46.2 Å². The lowest BCUT2D eigenvalue weighted by atomic mass is 9.77. The molecule has 0 unspecified atom stereocenters. The molecule has 0 amide bonds. The van der Waals surface area contributed by atoms with Gasteiger partial charge in [-0.05, 0) is 78.3 Å². The van der Waals surface area contributed by atoms with Gasteiger partial charge in [-0.15, -0.1) is 0 Å². The van der Waals surface area contributed by atoms with Gasteiger partial charge >= 0.3 is 0 Å². The third-order valence-electron chi connectivity index (χ3n) is 6.73. The Hall–Kier alpha value is -1.81. The standard InChI is InChI=1S/C27H39NO2S/c1-5-6-7-8-21-9-11-22(12-10-21)23-13-17-25(18-14-23)28-31(29,30)26-19-15-24(16-20-26)27(2,3)4/h13-22,28H,5-12H2,1-4H3. The fourth-order valence-electron chi connectivity index (χ4n) is 4.64. The van der Waals surface area contributed by atoms with Crippen molar-refractivity contribution in [3.8, 4) is 0 Å². The summed E-state index contributed by atoms with van der Waals surface area (Å²) in [6, 6.07) is 15.2. The average Bonchev–Trinajstić information content (AvgIpc) is 2.74. The molecule has 2 aromatic carbocycles. The summed E-state index contributed by atoms with van der Waals surface area (Å²) >= 11 is 0. The zero-order chi connectivity index (χ0) is 22.5. The lowest BCUT2D eigenvalue weighted by molar-refractivity contribution is 0.303. The molecule has 0 saturated heterocycles. The maximum Gasteiger partial charge on any atom is 0.261 e. The van der Waals surface area contributed by atoms with Gasteiger partial charge in [-0.3, -0.25) is 4.72 Å². The van der Waals surface area contributed by atoms with E-state index in [4.69, 9.17) is 0 Å². The molecular formula is C27H39NO2S. The van der Waals surface area contributed by atoms with Crippen LogP contribution in [0.4, 0.5) is 5.69 Å². The van der Waals surface area contributed by atoms with Crippen molar-refractivity contribution in [1.29, 1.82) is 0 Å². The van der Waals surface area contributed by atoms with E-state index in [0.717, 1.165) is 11.5 Å². The number of benzene rings is 2. The van der Waals surface area contributed by atoms with Crippen molar-refractivity contribution in [2.45, 2.75) is 95.3 Å². The van der Waals surface area contributed by atoms with Crippen molar-refractivity contribution in [3.05, 3.63) is 59.7 Å². The predicted molar refractivity (Wildman–Crippen MR) is 131 cm³/mol. The van der Waals surface area contributed by atoms with Gasteiger partial charge in [0, 0.05) is 5.69 Å². The van der Waals surface area contributed by atoms with E-state index in [-0.39, 0.29) is 5.41 Å². The Morgan fingerprint density at radius 1 is 0.871 bits per heavy atom. The molecule has 1 aliphatic carbocycles. The maximum atomic E-state index is 12.8. The van der Waals surface area contributed by atoms with Crippen molar-refractivity contribution < 1.29 is 8.42 Å². The summed E-state index contributed by atoms with van der Waals surface area (Å²) < 4.78 is 28.3. The first kappa shape index (κ1) is 23.8. The fraction of sp³-hybridized carbons (Fsp3) is 0.556. The van der Waals surface area contributed by atoms with Crippen LogP contribution in [0.25, 0.3) is 0 Å². The molecular weight excluding hydrogens is 402 g/mol. The lowest BCUT2D eigenvalue weighted by Gasteiger charge is -2.29. The molecule has 1 fully saturated rings. The third-order valence-corrected chi connectivity index (χ3v) is 8.12. The second-order valence-electron chi connectivity index (χ2n) is 10.2. The number of unbranched alkanes of at least 4 members (excludes halogenated alkanes) is 2.